The van der Waals surface area contributed by atoms with Gasteiger partial charge in [0.15, 0.2) is 11.6 Å². The van der Waals surface area contributed by atoms with Gasteiger partial charge in [0.25, 0.3) is 5.56 Å². The van der Waals surface area contributed by atoms with Crippen molar-refractivity contribution in [2.45, 2.75) is 59.0 Å². The molecule has 1 fully saturated rings. The molecule has 1 atom stereocenters. The van der Waals surface area contributed by atoms with Crippen LogP contribution in [0.15, 0.2) is 17.4 Å². The average molecular weight is 417 g/mol. The van der Waals surface area contributed by atoms with Gasteiger partial charge in [-0.1, -0.05) is 13.8 Å². The summed E-state index contributed by atoms with van der Waals surface area (Å²) in [5, 5.41) is 0. The zero-order chi connectivity index (χ0) is 22.0. The molecule has 162 valence electrons. The summed E-state index contributed by atoms with van der Waals surface area (Å²) in [7, 11) is 1.80. The van der Waals surface area contributed by atoms with Crippen molar-refractivity contribution >= 4 is 11.7 Å². The quantitative estimate of drug-likeness (QED) is 0.742. The number of amides is 1. The van der Waals surface area contributed by atoms with Gasteiger partial charge in [0, 0.05) is 37.4 Å². The van der Waals surface area contributed by atoms with Crippen LogP contribution in [0.1, 0.15) is 49.6 Å². The Hall–Kier alpha value is -2.84. The first-order valence-electron chi connectivity index (χ1n) is 10.2. The van der Waals surface area contributed by atoms with Crippen LogP contribution >= 0.6 is 0 Å². The lowest BCUT2D eigenvalue weighted by Gasteiger charge is -2.38. The van der Waals surface area contributed by atoms with Crippen molar-refractivity contribution in [2.24, 2.45) is 0 Å². The number of aryl methyl sites for hydroxylation is 1. The number of hydrogen-bond donors (Lipinski definition) is 0. The van der Waals surface area contributed by atoms with Crippen LogP contribution < -0.4 is 10.5 Å². The van der Waals surface area contributed by atoms with Gasteiger partial charge < -0.3 is 9.80 Å². The van der Waals surface area contributed by atoms with Crippen LogP contribution in [-0.2, 0) is 11.3 Å². The minimum Gasteiger partial charge on any atom is -0.352 e. The molecule has 0 radical (unpaired) electrons. The summed E-state index contributed by atoms with van der Waals surface area (Å²) in [6.07, 6.45) is 4.42. The van der Waals surface area contributed by atoms with Gasteiger partial charge >= 0.3 is 0 Å². The number of likely N-dealkylation sites (tertiary alicyclic amines) is 1. The number of aromatic nitrogens is 4. The van der Waals surface area contributed by atoms with Gasteiger partial charge in [0.2, 0.25) is 5.91 Å². The van der Waals surface area contributed by atoms with E-state index < -0.39 is 5.82 Å². The maximum atomic E-state index is 14.9. The Labute approximate surface area is 175 Å². The van der Waals surface area contributed by atoms with Gasteiger partial charge in [0.1, 0.15) is 12.9 Å². The molecule has 3 rings (SSSR count). The molecule has 1 aliphatic heterocycles. The Balaban J connectivity index is 1.74. The predicted octanol–water partition coefficient (Wildman–Crippen LogP) is 2.04. The Morgan fingerprint density at radius 2 is 2.03 bits per heavy atom. The zero-order valence-corrected chi connectivity index (χ0v) is 18.2. The minimum atomic E-state index is -0.411. The number of anilines is 1. The van der Waals surface area contributed by atoms with Crippen molar-refractivity contribution in [1.29, 1.82) is 0 Å². The third-order valence-corrected chi connectivity index (χ3v) is 5.80. The third-order valence-electron chi connectivity index (χ3n) is 5.80. The summed E-state index contributed by atoms with van der Waals surface area (Å²) in [4.78, 5) is 41.1. The molecule has 9 heteroatoms. The van der Waals surface area contributed by atoms with E-state index in [2.05, 4.69) is 15.0 Å². The van der Waals surface area contributed by atoms with Gasteiger partial charge in [-0.2, -0.15) is 0 Å². The number of halogens is 1. The van der Waals surface area contributed by atoms with Crippen molar-refractivity contribution in [3.05, 3.63) is 45.8 Å². The van der Waals surface area contributed by atoms with Crippen LogP contribution in [0, 0.1) is 19.7 Å². The van der Waals surface area contributed by atoms with Crippen LogP contribution in [-0.4, -0.2) is 56.5 Å². The van der Waals surface area contributed by atoms with E-state index in [0.29, 0.717) is 30.0 Å². The number of likely N-dealkylation sites (N-methyl/N-ethyl adjacent to an activating group) is 1. The second kappa shape index (κ2) is 8.89. The highest BCUT2D eigenvalue weighted by molar-refractivity contribution is 5.76. The highest BCUT2D eigenvalue weighted by atomic mass is 19.1. The average Bonchev–Trinajstić information content (AvgIpc) is 2.73. The summed E-state index contributed by atoms with van der Waals surface area (Å²) in [5.41, 5.74) is 1.39. The van der Waals surface area contributed by atoms with E-state index in [1.807, 2.05) is 13.8 Å². The molecule has 0 aromatic carbocycles. The highest BCUT2D eigenvalue weighted by Crippen LogP contribution is 2.26. The smallest absolute Gasteiger partial charge is 0.256 e. The number of piperidine rings is 1. The molecule has 0 bridgehead atoms. The van der Waals surface area contributed by atoms with E-state index in [0.717, 1.165) is 12.8 Å². The van der Waals surface area contributed by atoms with Crippen molar-refractivity contribution in [2.75, 3.05) is 25.0 Å². The fourth-order valence-electron chi connectivity index (χ4n) is 3.73. The maximum absolute atomic E-state index is 14.9. The van der Waals surface area contributed by atoms with E-state index in [4.69, 9.17) is 0 Å². The normalized spacial score (nSPS) is 16.8. The van der Waals surface area contributed by atoms with Crippen molar-refractivity contribution in [1.82, 2.24) is 24.4 Å². The summed E-state index contributed by atoms with van der Waals surface area (Å²) in [6, 6.07) is -0.0679. The van der Waals surface area contributed by atoms with E-state index in [1.165, 1.54) is 17.2 Å². The minimum absolute atomic E-state index is 0.0468. The van der Waals surface area contributed by atoms with Gasteiger partial charge in [0.05, 0.1) is 12.0 Å². The van der Waals surface area contributed by atoms with E-state index in [1.54, 1.807) is 30.7 Å². The molecule has 0 saturated carbocycles. The fraction of sp³-hybridized carbons (Fsp3) is 0.571. The van der Waals surface area contributed by atoms with Crippen molar-refractivity contribution in [3.63, 3.8) is 0 Å². The molecular formula is C21H29FN6O2. The molecule has 1 amide bonds. The van der Waals surface area contributed by atoms with Crippen LogP contribution in [0.5, 0.6) is 0 Å². The lowest BCUT2D eigenvalue weighted by Crippen LogP contribution is -2.50. The standard InChI is InChI=1S/C21H29FN6O2/c1-13(2)19-18(22)20(24-11-23-19)26(5)16-7-6-8-27(9-16)17(29)10-28-12-25-15(4)14(3)21(28)30/h11-13,16H,6-10H2,1-5H3. The number of nitrogens with zero attached hydrogens (tertiary/aromatic N) is 6. The second-order valence-electron chi connectivity index (χ2n) is 8.19. The molecule has 0 aliphatic carbocycles. The van der Waals surface area contributed by atoms with Crippen molar-refractivity contribution < 1.29 is 9.18 Å². The summed E-state index contributed by atoms with van der Waals surface area (Å²) < 4.78 is 16.2. The summed E-state index contributed by atoms with van der Waals surface area (Å²) in [5.74, 6) is -0.352. The van der Waals surface area contributed by atoms with E-state index >= 15 is 0 Å². The molecule has 0 N–H and O–H groups in total. The van der Waals surface area contributed by atoms with Gasteiger partial charge in [-0.3, -0.25) is 14.2 Å². The lowest BCUT2D eigenvalue weighted by molar-refractivity contribution is -0.133. The molecule has 1 aliphatic rings. The Morgan fingerprint density at radius 1 is 1.30 bits per heavy atom. The van der Waals surface area contributed by atoms with E-state index in [-0.39, 0.29) is 35.8 Å². The zero-order valence-electron chi connectivity index (χ0n) is 18.2. The highest BCUT2D eigenvalue weighted by Gasteiger charge is 2.29. The Bertz CT molecular complexity index is 990. The van der Waals surface area contributed by atoms with E-state index in [9.17, 15) is 14.0 Å². The first kappa shape index (κ1) is 21.9. The first-order chi connectivity index (χ1) is 14.2. The fourth-order valence-corrected chi connectivity index (χ4v) is 3.73. The van der Waals surface area contributed by atoms with Crippen LogP contribution in [0.4, 0.5) is 10.2 Å². The number of hydrogen-bond acceptors (Lipinski definition) is 6. The molecule has 1 saturated heterocycles. The molecule has 8 nitrogen and oxygen atoms in total. The topological polar surface area (TPSA) is 84.2 Å². The molecule has 30 heavy (non-hydrogen) atoms. The third kappa shape index (κ3) is 4.34. The first-order valence-corrected chi connectivity index (χ1v) is 10.2. The van der Waals surface area contributed by atoms with Crippen molar-refractivity contribution in [3.8, 4) is 0 Å². The molecule has 2 aromatic rings. The Morgan fingerprint density at radius 3 is 2.73 bits per heavy atom. The Kier molecular flexibility index (Phi) is 6.48. The monoisotopic (exact) mass is 416 g/mol. The van der Waals surface area contributed by atoms with Gasteiger partial charge in [-0.05, 0) is 32.6 Å². The lowest BCUT2D eigenvalue weighted by atomic mass is 10.0. The molecule has 3 heterocycles. The molecule has 1 unspecified atom stereocenters. The van der Waals surface area contributed by atoms with Gasteiger partial charge in [-0.15, -0.1) is 0 Å². The van der Waals surface area contributed by atoms with Crippen LogP contribution in [0.25, 0.3) is 0 Å². The predicted molar refractivity (Wildman–Crippen MR) is 112 cm³/mol. The van der Waals surface area contributed by atoms with Crippen LogP contribution in [0.2, 0.25) is 0 Å². The number of rotatable bonds is 5. The summed E-state index contributed by atoms with van der Waals surface area (Å²) >= 11 is 0. The molecule has 0 spiro atoms. The number of carbonyl (C=O) groups is 1. The maximum Gasteiger partial charge on any atom is 0.256 e. The molecular weight excluding hydrogens is 387 g/mol. The van der Waals surface area contributed by atoms with Gasteiger partial charge in [-0.25, -0.2) is 19.3 Å². The second-order valence-corrected chi connectivity index (χ2v) is 8.19. The molecule has 2 aromatic heterocycles. The largest absolute Gasteiger partial charge is 0.352 e. The summed E-state index contributed by atoms with van der Waals surface area (Å²) in [6.45, 7) is 8.26. The number of carbonyl (C=O) groups excluding carboxylic acids is 1. The van der Waals surface area contributed by atoms with Crippen LogP contribution in [0.3, 0.4) is 0 Å². The SMILES string of the molecule is Cc1ncn(CC(=O)N2CCCC(N(C)c3ncnc(C(C)C)c3F)C2)c(=O)c1C.